The van der Waals surface area contributed by atoms with Crippen molar-refractivity contribution in [1.82, 2.24) is 0 Å². The van der Waals surface area contributed by atoms with Crippen LogP contribution in [0.5, 0.6) is 0 Å². The van der Waals surface area contributed by atoms with Crippen LogP contribution in [0.4, 0.5) is 11.4 Å². The normalized spacial score (nSPS) is 10.3. The third kappa shape index (κ3) is 4.86. The van der Waals surface area contributed by atoms with Gasteiger partial charge >= 0.3 is 0 Å². The van der Waals surface area contributed by atoms with E-state index in [0.29, 0.717) is 17.1 Å². The van der Waals surface area contributed by atoms with E-state index in [2.05, 4.69) is 28.8 Å². The van der Waals surface area contributed by atoms with Crippen molar-refractivity contribution in [1.29, 1.82) is 0 Å². The van der Waals surface area contributed by atoms with E-state index in [1.807, 2.05) is 39.0 Å². The number of carbonyl (C=O) groups excluding carboxylic acids is 2. The van der Waals surface area contributed by atoms with Gasteiger partial charge in [-0.05, 0) is 50.1 Å². The van der Waals surface area contributed by atoms with Crippen molar-refractivity contribution in [2.24, 2.45) is 0 Å². The third-order valence-electron chi connectivity index (χ3n) is 3.62. The molecule has 0 aliphatic heterocycles. The van der Waals surface area contributed by atoms with Gasteiger partial charge in [0.1, 0.15) is 0 Å². The zero-order valence-electron chi connectivity index (χ0n) is 14.4. The third-order valence-corrected chi connectivity index (χ3v) is 4.78. The lowest BCUT2D eigenvalue weighted by molar-refractivity contribution is -0.114. The fourth-order valence-electron chi connectivity index (χ4n) is 2.29. The van der Waals surface area contributed by atoms with Crippen LogP contribution in [0.25, 0.3) is 0 Å². The van der Waals surface area contributed by atoms with Crippen LogP contribution < -0.4 is 10.6 Å². The molecule has 0 aliphatic rings. The molecule has 24 heavy (non-hydrogen) atoms. The van der Waals surface area contributed by atoms with E-state index >= 15 is 0 Å². The average Bonchev–Trinajstić information content (AvgIpc) is 2.52. The molecular weight excluding hydrogens is 320 g/mol. The number of thioether (sulfide) groups is 1. The molecule has 2 rings (SSSR count). The number of rotatable bonds is 5. The highest BCUT2D eigenvalue weighted by Crippen LogP contribution is 2.26. The predicted molar refractivity (Wildman–Crippen MR) is 101 cm³/mol. The van der Waals surface area contributed by atoms with E-state index in [1.54, 1.807) is 0 Å². The molecule has 0 unspecified atom stereocenters. The molecule has 5 heteroatoms. The minimum atomic E-state index is -0.132. The number of aryl methyl sites for hydroxylation is 2. The second-order valence-corrected chi connectivity index (χ2v) is 6.78. The Bertz CT molecular complexity index is 772. The van der Waals surface area contributed by atoms with E-state index in [0.717, 1.165) is 10.5 Å². The zero-order chi connectivity index (χ0) is 17.7. The molecule has 4 nitrogen and oxygen atoms in total. The summed E-state index contributed by atoms with van der Waals surface area (Å²) in [5, 5.41) is 5.68. The predicted octanol–water partition coefficient (Wildman–Crippen LogP) is 4.30. The highest BCUT2D eigenvalue weighted by Gasteiger charge is 2.10. The summed E-state index contributed by atoms with van der Waals surface area (Å²) in [4.78, 5) is 24.6. The lowest BCUT2D eigenvalue weighted by Crippen LogP contribution is -2.16. The van der Waals surface area contributed by atoms with Crippen molar-refractivity contribution in [3.63, 3.8) is 0 Å². The Morgan fingerprint density at radius 3 is 2.33 bits per heavy atom. The summed E-state index contributed by atoms with van der Waals surface area (Å²) in [5.74, 6) is 0.143. The monoisotopic (exact) mass is 342 g/mol. The number of hydrogen-bond donors (Lipinski definition) is 2. The smallest absolute Gasteiger partial charge is 0.234 e. The minimum absolute atomic E-state index is 0.0658. The van der Waals surface area contributed by atoms with Crippen molar-refractivity contribution < 1.29 is 9.59 Å². The first-order valence-electron chi connectivity index (χ1n) is 7.74. The molecule has 0 atom stereocenters. The summed E-state index contributed by atoms with van der Waals surface area (Å²) < 4.78 is 0. The van der Waals surface area contributed by atoms with Gasteiger partial charge in [0.05, 0.1) is 5.75 Å². The molecule has 0 saturated carbocycles. The van der Waals surface area contributed by atoms with Gasteiger partial charge in [0, 0.05) is 23.2 Å². The maximum atomic E-state index is 12.2. The molecule has 0 radical (unpaired) electrons. The number of amides is 2. The summed E-state index contributed by atoms with van der Waals surface area (Å²) in [5.41, 5.74) is 4.62. The van der Waals surface area contributed by atoms with Crippen LogP contribution >= 0.6 is 11.8 Å². The molecule has 2 N–H and O–H groups in total. The minimum Gasteiger partial charge on any atom is -0.326 e. The largest absolute Gasteiger partial charge is 0.326 e. The van der Waals surface area contributed by atoms with Crippen LogP contribution in [0.2, 0.25) is 0 Å². The Balaban J connectivity index is 2.02. The van der Waals surface area contributed by atoms with Crippen LogP contribution in [0, 0.1) is 20.8 Å². The van der Waals surface area contributed by atoms with Crippen molar-refractivity contribution in [2.75, 3.05) is 16.4 Å². The molecule has 0 fully saturated rings. The number of carbonyl (C=O) groups is 2. The second kappa shape index (κ2) is 8.02. The van der Waals surface area contributed by atoms with Gasteiger partial charge in [-0.15, -0.1) is 11.8 Å². The van der Waals surface area contributed by atoms with Crippen LogP contribution in [-0.2, 0) is 9.59 Å². The Hall–Kier alpha value is -2.27. The average molecular weight is 342 g/mol. The fourth-order valence-corrected chi connectivity index (χ4v) is 3.21. The van der Waals surface area contributed by atoms with Crippen LogP contribution in [0.3, 0.4) is 0 Å². The topological polar surface area (TPSA) is 58.2 Å². The van der Waals surface area contributed by atoms with Crippen molar-refractivity contribution in [2.45, 2.75) is 32.6 Å². The van der Waals surface area contributed by atoms with Crippen LogP contribution in [0.1, 0.15) is 23.6 Å². The number of nitrogens with one attached hydrogen (secondary N) is 2. The molecule has 2 aromatic carbocycles. The number of benzene rings is 2. The molecule has 2 amide bonds. The Morgan fingerprint density at radius 2 is 1.67 bits per heavy atom. The molecule has 0 aliphatic carbocycles. The van der Waals surface area contributed by atoms with Crippen molar-refractivity contribution >= 4 is 35.0 Å². The van der Waals surface area contributed by atoms with Crippen LogP contribution in [0.15, 0.2) is 41.3 Å². The summed E-state index contributed by atoms with van der Waals surface area (Å²) >= 11 is 1.53. The Kier molecular flexibility index (Phi) is 6.04. The summed E-state index contributed by atoms with van der Waals surface area (Å²) in [6.07, 6.45) is 0. The van der Waals surface area contributed by atoms with Crippen LogP contribution in [-0.4, -0.2) is 17.6 Å². The summed E-state index contributed by atoms with van der Waals surface area (Å²) in [7, 11) is 0. The molecule has 0 aromatic heterocycles. The zero-order valence-corrected chi connectivity index (χ0v) is 15.2. The highest BCUT2D eigenvalue weighted by molar-refractivity contribution is 8.00. The first-order valence-corrected chi connectivity index (χ1v) is 8.72. The van der Waals surface area contributed by atoms with Gasteiger partial charge in [-0.25, -0.2) is 0 Å². The molecule has 0 heterocycles. The summed E-state index contributed by atoms with van der Waals surface area (Å²) in [6.45, 7) is 7.42. The van der Waals surface area contributed by atoms with E-state index < -0.39 is 0 Å². The molecule has 0 spiro atoms. The van der Waals surface area contributed by atoms with Gasteiger partial charge in [-0.3, -0.25) is 9.59 Å². The quantitative estimate of drug-likeness (QED) is 0.797. The summed E-state index contributed by atoms with van der Waals surface area (Å²) in [6, 6.07) is 11.7. The van der Waals surface area contributed by atoms with Gasteiger partial charge in [-0.2, -0.15) is 0 Å². The van der Waals surface area contributed by atoms with E-state index in [9.17, 15) is 9.59 Å². The molecular formula is C19H22N2O2S. The van der Waals surface area contributed by atoms with Gasteiger partial charge in [0.15, 0.2) is 0 Å². The maximum Gasteiger partial charge on any atom is 0.234 e. The Labute approximate surface area is 147 Å². The first kappa shape index (κ1) is 18.1. The lowest BCUT2D eigenvalue weighted by Gasteiger charge is -2.13. The van der Waals surface area contributed by atoms with Crippen molar-refractivity contribution in [3.05, 3.63) is 53.1 Å². The SMILES string of the molecule is CC(=O)Nc1cccc(NC(=O)CSc2cc(C)ccc2C)c1C. The lowest BCUT2D eigenvalue weighted by atomic mass is 10.1. The highest BCUT2D eigenvalue weighted by atomic mass is 32.2. The van der Waals surface area contributed by atoms with Gasteiger partial charge in [0.25, 0.3) is 0 Å². The van der Waals surface area contributed by atoms with Gasteiger partial charge < -0.3 is 10.6 Å². The number of hydrogen-bond acceptors (Lipinski definition) is 3. The Morgan fingerprint density at radius 1 is 1.00 bits per heavy atom. The molecule has 126 valence electrons. The number of anilines is 2. The van der Waals surface area contributed by atoms with E-state index in [1.165, 1.54) is 29.8 Å². The van der Waals surface area contributed by atoms with E-state index in [4.69, 9.17) is 0 Å². The molecule has 0 saturated heterocycles. The maximum absolute atomic E-state index is 12.2. The fraction of sp³-hybridized carbons (Fsp3) is 0.263. The molecule has 2 aromatic rings. The van der Waals surface area contributed by atoms with Gasteiger partial charge in [0.2, 0.25) is 11.8 Å². The second-order valence-electron chi connectivity index (χ2n) is 5.77. The first-order chi connectivity index (χ1) is 11.4. The van der Waals surface area contributed by atoms with E-state index in [-0.39, 0.29) is 11.8 Å². The van der Waals surface area contributed by atoms with Gasteiger partial charge in [-0.1, -0.05) is 23.8 Å². The van der Waals surface area contributed by atoms with Crippen molar-refractivity contribution in [3.8, 4) is 0 Å². The standard InChI is InChI=1S/C19H22N2O2S/c1-12-8-9-13(2)18(10-12)24-11-19(23)21-17-7-5-6-16(14(17)3)20-15(4)22/h5-10H,11H2,1-4H3,(H,20,22)(H,21,23). The molecule has 0 bridgehead atoms.